The average molecular weight is 378 g/mol. The summed E-state index contributed by atoms with van der Waals surface area (Å²) in [5.74, 6) is -0.222. The van der Waals surface area contributed by atoms with Gasteiger partial charge in [0, 0.05) is 17.9 Å². The lowest BCUT2D eigenvalue weighted by Crippen LogP contribution is -2.23. The van der Waals surface area contributed by atoms with Crippen molar-refractivity contribution in [1.82, 2.24) is 19.9 Å². The van der Waals surface area contributed by atoms with Crippen LogP contribution < -0.4 is 10.1 Å². The van der Waals surface area contributed by atoms with Gasteiger partial charge >= 0.3 is 6.18 Å². The summed E-state index contributed by atoms with van der Waals surface area (Å²) in [4.78, 5) is 16.8. The van der Waals surface area contributed by atoms with E-state index < -0.39 is 12.8 Å². The van der Waals surface area contributed by atoms with Gasteiger partial charge in [0.25, 0.3) is 5.91 Å². The fraction of sp³-hybridized carbons (Fsp3) is 0.278. The molecule has 0 radical (unpaired) electrons. The zero-order valence-corrected chi connectivity index (χ0v) is 14.7. The summed E-state index contributed by atoms with van der Waals surface area (Å²) >= 11 is 0. The van der Waals surface area contributed by atoms with Crippen LogP contribution in [-0.4, -0.2) is 33.3 Å². The minimum absolute atomic E-state index is 0.111. The van der Waals surface area contributed by atoms with Gasteiger partial charge in [-0.25, -0.2) is 9.50 Å². The molecule has 27 heavy (non-hydrogen) atoms. The van der Waals surface area contributed by atoms with Crippen LogP contribution in [0, 0.1) is 13.8 Å². The molecule has 1 N–H and O–H groups in total. The smallest absolute Gasteiger partial charge is 0.422 e. The third-order valence-corrected chi connectivity index (χ3v) is 3.80. The lowest BCUT2D eigenvalue weighted by Gasteiger charge is -2.10. The molecule has 9 heteroatoms. The van der Waals surface area contributed by atoms with Crippen molar-refractivity contribution < 1.29 is 22.7 Å². The van der Waals surface area contributed by atoms with Crippen LogP contribution in [0.1, 0.15) is 27.3 Å². The van der Waals surface area contributed by atoms with Crippen molar-refractivity contribution in [1.29, 1.82) is 0 Å². The van der Waals surface area contributed by atoms with Crippen molar-refractivity contribution in [3.63, 3.8) is 0 Å². The first-order valence-corrected chi connectivity index (χ1v) is 8.11. The van der Waals surface area contributed by atoms with E-state index in [9.17, 15) is 18.0 Å². The van der Waals surface area contributed by atoms with E-state index in [4.69, 9.17) is 0 Å². The van der Waals surface area contributed by atoms with E-state index >= 15 is 0 Å². The predicted octanol–water partition coefficient (Wildman–Crippen LogP) is 3.22. The van der Waals surface area contributed by atoms with E-state index in [0.717, 1.165) is 17.0 Å². The quantitative estimate of drug-likeness (QED) is 0.740. The highest BCUT2D eigenvalue weighted by Gasteiger charge is 2.28. The topological polar surface area (TPSA) is 68.5 Å². The highest BCUT2D eigenvalue weighted by molar-refractivity contribution is 5.99. The zero-order valence-electron chi connectivity index (χ0n) is 14.7. The molecular weight excluding hydrogens is 361 g/mol. The Morgan fingerprint density at radius 1 is 1.22 bits per heavy atom. The van der Waals surface area contributed by atoms with E-state index in [1.807, 2.05) is 19.9 Å². The first-order valence-electron chi connectivity index (χ1n) is 8.11. The molecule has 0 aliphatic heterocycles. The number of halogens is 3. The van der Waals surface area contributed by atoms with Gasteiger partial charge in [0.05, 0.1) is 6.20 Å². The van der Waals surface area contributed by atoms with Crippen molar-refractivity contribution in [3.05, 3.63) is 59.0 Å². The molecule has 6 nitrogen and oxygen atoms in total. The molecule has 3 aromatic rings. The highest BCUT2D eigenvalue weighted by Crippen LogP contribution is 2.19. The fourth-order valence-electron chi connectivity index (χ4n) is 2.58. The number of amides is 1. The number of nitrogens with one attached hydrogen (secondary N) is 1. The Kier molecular flexibility index (Phi) is 5.02. The third kappa shape index (κ3) is 4.55. The van der Waals surface area contributed by atoms with Crippen molar-refractivity contribution in [3.8, 4) is 5.75 Å². The molecule has 0 saturated carbocycles. The molecular formula is C18H17F3N4O2. The number of hydrogen-bond acceptors (Lipinski definition) is 4. The van der Waals surface area contributed by atoms with Gasteiger partial charge in [-0.15, -0.1) is 0 Å². The maximum absolute atomic E-state index is 12.4. The van der Waals surface area contributed by atoms with Crippen LogP contribution >= 0.6 is 0 Å². The molecule has 3 rings (SSSR count). The number of carbonyl (C=O) groups is 1. The Hall–Kier alpha value is -3.10. The number of rotatable bonds is 5. The van der Waals surface area contributed by atoms with Crippen LogP contribution in [0.3, 0.4) is 0 Å². The van der Waals surface area contributed by atoms with Crippen LogP contribution in [0.25, 0.3) is 5.65 Å². The van der Waals surface area contributed by atoms with E-state index in [1.54, 1.807) is 16.6 Å². The van der Waals surface area contributed by atoms with Gasteiger partial charge < -0.3 is 10.1 Å². The Morgan fingerprint density at radius 2 is 1.93 bits per heavy atom. The van der Waals surface area contributed by atoms with Gasteiger partial charge in [-0.2, -0.15) is 18.3 Å². The van der Waals surface area contributed by atoms with Crippen LogP contribution in [0.5, 0.6) is 5.75 Å². The summed E-state index contributed by atoms with van der Waals surface area (Å²) in [5.41, 5.74) is 3.20. The Balaban J connectivity index is 1.64. The minimum atomic E-state index is -4.38. The van der Waals surface area contributed by atoms with Crippen molar-refractivity contribution in [2.75, 3.05) is 6.61 Å². The Morgan fingerprint density at radius 3 is 2.59 bits per heavy atom. The largest absolute Gasteiger partial charge is 0.484 e. The second kappa shape index (κ2) is 7.26. The SMILES string of the molecule is Cc1cc(C)n2ncc(C(=O)NCc3ccc(OCC(F)(F)F)cc3)c2n1. The summed E-state index contributed by atoms with van der Waals surface area (Å²) in [7, 11) is 0. The number of benzene rings is 1. The van der Waals surface area contributed by atoms with Crippen LogP contribution in [0.4, 0.5) is 13.2 Å². The van der Waals surface area contributed by atoms with Crippen LogP contribution in [0.2, 0.25) is 0 Å². The van der Waals surface area contributed by atoms with Gasteiger partial charge in [-0.1, -0.05) is 12.1 Å². The van der Waals surface area contributed by atoms with Gasteiger partial charge in [0.1, 0.15) is 11.3 Å². The first-order chi connectivity index (χ1) is 12.7. The number of carbonyl (C=O) groups excluding carboxylic acids is 1. The minimum Gasteiger partial charge on any atom is -0.484 e. The number of hydrogen-bond donors (Lipinski definition) is 1. The molecule has 0 spiro atoms. The van der Waals surface area contributed by atoms with Crippen molar-refractivity contribution >= 4 is 11.6 Å². The molecule has 0 aliphatic carbocycles. The monoisotopic (exact) mass is 378 g/mol. The summed E-state index contributed by atoms with van der Waals surface area (Å²) in [6, 6.07) is 7.90. The average Bonchev–Trinajstić information content (AvgIpc) is 3.02. The molecule has 0 saturated heterocycles. The second-order valence-corrected chi connectivity index (χ2v) is 6.06. The molecule has 2 aromatic heterocycles. The maximum Gasteiger partial charge on any atom is 0.422 e. The first kappa shape index (κ1) is 18.7. The molecule has 0 bridgehead atoms. The molecule has 0 atom stereocenters. The van der Waals surface area contributed by atoms with Crippen molar-refractivity contribution in [2.45, 2.75) is 26.6 Å². The molecule has 0 unspecified atom stereocenters. The number of aromatic nitrogens is 3. The second-order valence-electron chi connectivity index (χ2n) is 6.06. The van der Waals surface area contributed by atoms with E-state index in [-0.39, 0.29) is 18.2 Å². The number of ether oxygens (including phenoxy) is 1. The molecule has 2 heterocycles. The summed E-state index contributed by atoms with van der Waals surface area (Å²) in [5, 5.41) is 6.93. The standard InChI is InChI=1S/C18H17F3N4O2/c1-11-7-12(2)25-16(24-11)15(9-23-25)17(26)22-8-13-3-5-14(6-4-13)27-10-18(19,20)21/h3-7,9H,8,10H2,1-2H3,(H,22,26). The van der Waals surface area contributed by atoms with Crippen LogP contribution in [-0.2, 0) is 6.54 Å². The lowest BCUT2D eigenvalue weighted by atomic mass is 10.2. The van der Waals surface area contributed by atoms with E-state index in [0.29, 0.717) is 11.2 Å². The maximum atomic E-state index is 12.4. The number of fused-ring (bicyclic) bond motifs is 1. The summed E-state index contributed by atoms with van der Waals surface area (Å²) < 4.78 is 42.7. The highest BCUT2D eigenvalue weighted by atomic mass is 19.4. The Bertz CT molecular complexity index is 965. The summed E-state index contributed by atoms with van der Waals surface area (Å²) in [6.07, 6.45) is -2.93. The van der Waals surface area contributed by atoms with Gasteiger partial charge in [-0.3, -0.25) is 4.79 Å². The molecule has 1 amide bonds. The van der Waals surface area contributed by atoms with Gasteiger partial charge in [0.2, 0.25) is 0 Å². The number of nitrogens with zero attached hydrogens (tertiary/aromatic N) is 3. The third-order valence-electron chi connectivity index (χ3n) is 3.80. The molecule has 0 fully saturated rings. The van der Waals surface area contributed by atoms with E-state index in [2.05, 4.69) is 20.1 Å². The molecule has 142 valence electrons. The number of alkyl halides is 3. The fourth-order valence-corrected chi connectivity index (χ4v) is 2.58. The molecule has 0 aliphatic rings. The predicted molar refractivity (Wildman–Crippen MR) is 91.6 cm³/mol. The zero-order chi connectivity index (χ0) is 19.6. The Labute approximate surface area is 153 Å². The van der Waals surface area contributed by atoms with Gasteiger partial charge in [0.15, 0.2) is 12.3 Å². The molecule has 1 aromatic carbocycles. The number of aryl methyl sites for hydroxylation is 2. The lowest BCUT2D eigenvalue weighted by molar-refractivity contribution is -0.153. The van der Waals surface area contributed by atoms with Gasteiger partial charge in [-0.05, 0) is 37.6 Å². The summed E-state index contributed by atoms with van der Waals surface area (Å²) in [6.45, 7) is 2.58. The van der Waals surface area contributed by atoms with Crippen molar-refractivity contribution in [2.24, 2.45) is 0 Å². The van der Waals surface area contributed by atoms with Crippen LogP contribution in [0.15, 0.2) is 36.5 Å². The normalized spacial score (nSPS) is 11.6. The van der Waals surface area contributed by atoms with E-state index in [1.165, 1.54) is 18.3 Å².